The molecule has 1 heterocycles. The van der Waals surface area contributed by atoms with Crippen molar-refractivity contribution in [2.24, 2.45) is 11.7 Å². The zero-order valence-corrected chi connectivity index (χ0v) is 10.6. The Morgan fingerprint density at radius 3 is 2.65 bits per heavy atom. The standard InChI is InChI=1S/C12H22N2O3/c1-8-3-5-10(12(13)17)7-14(8)11(16)6-4-9(2)15/h8-10,15H,3-7H2,1-2H3,(H2,13,17). The van der Waals surface area contributed by atoms with Crippen LogP contribution in [0.15, 0.2) is 0 Å². The van der Waals surface area contributed by atoms with Gasteiger partial charge in [0, 0.05) is 19.0 Å². The lowest BCUT2D eigenvalue weighted by atomic mass is 9.92. The number of carbonyl (C=O) groups excluding carboxylic acids is 2. The van der Waals surface area contributed by atoms with E-state index in [9.17, 15) is 9.59 Å². The van der Waals surface area contributed by atoms with Crippen LogP contribution in [0.3, 0.4) is 0 Å². The quantitative estimate of drug-likeness (QED) is 0.741. The monoisotopic (exact) mass is 242 g/mol. The summed E-state index contributed by atoms with van der Waals surface area (Å²) in [6.45, 7) is 4.08. The largest absolute Gasteiger partial charge is 0.393 e. The van der Waals surface area contributed by atoms with E-state index >= 15 is 0 Å². The van der Waals surface area contributed by atoms with Gasteiger partial charge < -0.3 is 15.7 Å². The van der Waals surface area contributed by atoms with Gasteiger partial charge in [-0.1, -0.05) is 0 Å². The summed E-state index contributed by atoms with van der Waals surface area (Å²) in [6.07, 6.45) is 1.90. The van der Waals surface area contributed by atoms with Gasteiger partial charge in [0.05, 0.1) is 12.0 Å². The Labute approximate surface area is 102 Å². The van der Waals surface area contributed by atoms with E-state index in [0.29, 0.717) is 19.4 Å². The van der Waals surface area contributed by atoms with Gasteiger partial charge in [-0.15, -0.1) is 0 Å². The van der Waals surface area contributed by atoms with Crippen molar-refractivity contribution in [1.29, 1.82) is 0 Å². The first-order chi connectivity index (χ1) is 7.91. The molecule has 0 aromatic heterocycles. The second-order valence-electron chi connectivity index (χ2n) is 4.96. The third-order valence-electron chi connectivity index (χ3n) is 3.38. The number of aliphatic hydroxyl groups excluding tert-OH is 1. The lowest BCUT2D eigenvalue weighted by Gasteiger charge is -2.37. The lowest BCUT2D eigenvalue weighted by molar-refractivity contribution is -0.138. The zero-order chi connectivity index (χ0) is 13.0. The molecule has 5 nitrogen and oxygen atoms in total. The summed E-state index contributed by atoms with van der Waals surface area (Å²) in [7, 11) is 0. The second kappa shape index (κ2) is 6.00. The van der Waals surface area contributed by atoms with Crippen LogP contribution in [0, 0.1) is 5.92 Å². The van der Waals surface area contributed by atoms with E-state index in [4.69, 9.17) is 10.8 Å². The van der Waals surface area contributed by atoms with Gasteiger partial charge in [0.25, 0.3) is 0 Å². The molecule has 0 aromatic rings. The third-order valence-corrected chi connectivity index (χ3v) is 3.38. The normalized spacial score (nSPS) is 26.6. The molecule has 0 bridgehead atoms. The SMILES string of the molecule is CC(O)CCC(=O)N1CC(C(N)=O)CCC1C. The minimum Gasteiger partial charge on any atom is -0.393 e. The molecule has 1 aliphatic rings. The fourth-order valence-electron chi connectivity index (χ4n) is 2.16. The molecule has 1 rings (SSSR count). The van der Waals surface area contributed by atoms with Crippen LogP contribution in [0.5, 0.6) is 0 Å². The minimum atomic E-state index is -0.467. The van der Waals surface area contributed by atoms with Crippen molar-refractivity contribution in [2.45, 2.75) is 51.7 Å². The molecule has 0 radical (unpaired) electrons. The molecule has 3 unspecified atom stereocenters. The van der Waals surface area contributed by atoms with Crippen molar-refractivity contribution in [3.05, 3.63) is 0 Å². The van der Waals surface area contributed by atoms with Crippen molar-refractivity contribution in [3.63, 3.8) is 0 Å². The highest BCUT2D eigenvalue weighted by molar-refractivity contribution is 5.80. The van der Waals surface area contributed by atoms with E-state index in [2.05, 4.69) is 0 Å². The number of amides is 2. The van der Waals surface area contributed by atoms with Gasteiger partial charge in [-0.05, 0) is 33.1 Å². The summed E-state index contributed by atoms with van der Waals surface area (Å²) in [5, 5.41) is 9.16. The number of nitrogens with two attached hydrogens (primary N) is 1. The summed E-state index contributed by atoms with van der Waals surface area (Å²) in [5.41, 5.74) is 5.28. The second-order valence-corrected chi connectivity index (χ2v) is 4.96. The van der Waals surface area contributed by atoms with Crippen LogP contribution >= 0.6 is 0 Å². The maximum absolute atomic E-state index is 11.9. The Morgan fingerprint density at radius 2 is 2.12 bits per heavy atom. The summed E-state index contributed by atoms with van der Waals surface area (Å²) in [4.78, 5) is 24.8. The van der Waals surface area contributed by atoms with E-state index in [0.717, 1.165) is 12.8 Å². The number of hydrogen-bond donors (Lipinski definition) is 2. The number of rotatable bonds is 4. The van der Waals surface area contributed by atoms with Crippen molar-refractivity contribution in [3.8, 4) is 0 Å². The molecule has 5 heteroatoms. The number of primary amides is 1. The first-order valence-corrected chi connectivity index (χ1v) is 6.18. The first kappa shape index (κ1) is 14.0. The smallest absolute Gasteiger partial charge is 0.222 e. The van der Waals surface area contributed by atoms with Crippen LogP contribution in [0.2, 0.25) is 0 Å². The Kier molecular flexibility index (Phi) is 4.93. The van der Waals surface area contributed by atoms with Gasteiger partial charge in [0.1, 0.15) is 0 Å². The average Bonchev–Trinajstić information content (AvgIpc) is 2.26. The van der Waals surface area contributed by atoms with Crippen LogP contribution < -0.4 is 5.73 Å². The first-order valence-electron chi connectivity index (χ1n) is 6.18. The molecular weight excluding hydrogens is 220 g/mol. The molecule has 0 saturated carbocycles. The van der Waals surface area contributed by atoms with E-state index < -0.39 is 6.10 Å². The molecule has 98 valence electrons. The molecule has 0 spiro atoms. The van der Waals surface area contributed by atoms with Crippen LogP contribution in [-0.2, 0) is 9.59 Å². The Hall–Kier alpha value is -1.10. The van der Waals surface area contributed by atoms with Gasteiger partial charge in [-0.25, -0.2) is 0 Å². The molecule has 1 aliphatic heterocycles. The summed E-state index contributed by atoms with van der Waals surface area (Å²) in [5.74, 6) is -0.545. The zero-order valence-electron chi connectivity index (χ0n) is 10.6. The molecule has 3 atom stereocenters. The highest BCUT2D eigenvalue weighted by atomic mass is 16.3. The van der Waals surface area contributed by atoms with Crippen LogP contribution in [0.25, 0.3) is 0 Å². The molecule has 1 fully saturated rings. The predicted octanol–water partition coefficient (Wildman–Crippen LogP) is 0.260. The number of aliphatic hydroxyl groups is 1. The van der Waals surface area contributed by atoms with Crippen LogP contribution in [0.4, 0.5) is 0 Å². The molecule has 1 saturated heterocycles. The molecular formula is C12H22N2O3. The maximum Gasteiger partial charge on any atom is 0.222 e. The maximum atomic E-state index is 11.9. The van der Waals surface area contributed by atoms with Gasteiger partial charge >= 0.3 is 0 Å². The number of nitrogens with zero attached hydrogens (tertiary/aromatic N) is 1. The summed E-state index contributed by atoms with van der Waals surface area (Å²) < 4.78 is 0. The highest BCUT2D eigenvalue weighted by Crippen LogP contribution is 2.22. The third kappa shape index (κ3) is 4.00. The fraction of sp³-hybridized carbons (Fsp3) is 0.833. The highest BCUT2D eigenvalue weighted by Gasteiger charge is 2.31. The van der Waals surface area contributed by atoms with E-state index in [1.807, 2.05) is 6.92 Å². The molecule has 0 aromatic carbocycles. The molecule has 17 heavy (non-hydrogen) atoms. The summed E-state index contributed by atoms with van der Waals surface area (Å²) >= 11 is 0. The number of likely N-dealkylation sites (tertiary alicyclic amines) is 1. The van der Waals surface area contributed by atoms with Gasteiger partial charge in [0.2, 0.25) is 11.8 Å². The van der Waals surface area contributed by atoms with Gasteiger partial charge in [-0.2, -0.15) is 0 Å². The average molecular weight is 242 g/mol. The van der Waals surface area contributed by atoms with Crippen LogP contribution in [0.1, 0.15) is 39.5 Å². The molecule has 3 N–H and O–H groups in total. The van der Waals surface area contributed by atoms with Gasteiger partial charge in [0.15, 0.2) is 0 Å². The Bertz CT molecular complexity index is 291. The fourth-order valence-corrected chi connectivity index (χ4v) is 2.16. The number of hydrogen-bond acceptors (Lipinski definition) is 3. The van der Waals surface area contributed by atoms with Crippen molar-refractivity contribution in [1.82, 2.24) is 4.90 Å². The topological polar surface area (TPSA) is 83.6 Å². The van der Waals surface area contributed by atoms with Crippen molar-refractivity contribution >= 4 is 11.8 Å². The number of piperidine rings is 1. The van der Waals surface area contributed by atoms with Crippen molar-refractivity contribution in [2.75, 3.05) is 6.54 Å². The van der Waals surface area contributed by atoms with E-state index in [-0.39, 0.29) is 23.8 Å². The lowest BCUT2D eigenvalue weighted by Crippen LogP contribution is -2.48. The molecule has 0 aliphatic carbocycles. The predicted molar refractivity (Wildman–Crippen MR) is 64.0 cm³/mol. The van der Waals surface area contributed by atoms with Crippen molar-refractivity contribution < 1.29 is 14.7 Å². The van der Waals surface area contributed by atoms with Crippen LogP contribution in [-0.4, -0.2) is 40.5 Å². The van der Waals surface area contributed by atoms with E-state index in [1.165, 1.54) is 0 Å². The Morgan fingerprint density at radius 1 is 1.47 bits per heavy atom. The Balaban J connectivity index is 2.54. The van der Waals surface area contributed by atoms with Gasteiger partial charge in [-0.3, -0.25) is 9.59 Å². The van der Waals surface area contributed by atoms with E-state index in [1.54, 1.807) is 11.8 Å². The number of carbonyl (C=O) groups is 2. The molecule has 2 amide bonds. The minimum absolute atomic E-state index is 0.00403. The summed E-state index contributed by atoms with van der Waals surface area (Å²) in [6, 6.07) is 0.159.